The average molecular weight is 295 g/mol. The number of hydrogen-bond acceptors (Lipinski definition) is 3. The second-order valence-corrected chi connectivity index (χ2v) is 4.87. The van der Waals surface area contributed by atoms with Crippen molar-refractivity contribution in [1.82, 2.24) is 4.90 Å². The number of carboxylic acid groups (broad SMARTS) is 1. The number of aliphatic carboxylic acids is 1. The Kier molecular flexibility index (Phi) is 15.6. The minimum atomic E-state index is -1.20. The molecule has 0 fully saturated rings. The van der Waals surface area contributed by atoms with Gasteiger partial charge in [0, 0.05) is 13.5 Å². The summed E-state index contributed by atoms with van der Waals surface area (Å²) in [4.78, 5) is 23.5. The molecule has 0 aliphatic heterocycles. The molecule has 0 saturated carbocycles. The zero-order chi connectivity index (χ0) is 14.0. The molecule has 0 saturated heterocycles. The summed E-state index contributed by atoms with van der Waals surface area (Å²) < 4.78 is 0. The van der Waals surface area contributed by atoms with Gasteiger partial charge >= 0.3 is 51.4 Å². The molecule has 0 aromatic rings. The third-order valence-electron chi connectivity index (χ3n) is 3.31. The first kappa shape index (κ1) is 21.9. The molecule has 0 heterocycles. The largest absolute Gasteiger partial charge is 1.00 e. The summed E-state index contributed by atoms with van der Waals surface area (Å²) in [6, 6.07) is -0.845. The topological polar surface area (TPSA) is 60.4 Å². The van der Waals surface area contributed by atoms with Gasteiger partial charge in [-0.05, 0) is 13.3 Å². The molecule has 0 rings (SSSR count). The molecule has 5 heteroatoms. The van der Waals surface area contributed by atoms with E-state index in [9.17, 15) is 14.7 Å². The van der Waals surface area contributed by atoms with E-state index in [0.717, 1.165) is 19.3 Å². The fourth-order valence-corrected chi connectivity index (χ4v) is 1.78. The maximum atomic E-state index is 11.7. The summed E-state index contributed by atoms with van der Waals surface area (Å²) in [7, 11) is 1.52. The maximum absolute atomic E-state index is 11.7. The molecule has 4 nitrogen and oxygen atoms in total. The zero-order valence-electron chi connectivity index (χ0n) is 12.9. The Labute approximate surface area is 159 Å². The van der Waals surface area contributed by atoms with Crippen LogP contribution in [0.15, 0.2) is 0 Å². The summed E-state index contributed by atoms with van der Waals surface area (Å²) >= 11 is 0. The quantitative estimate of drug-likeness (QED) is 0.373. The van der Waals surface area contributed by atoms with Crippen molar-refractivity contribution in [3.8, 4) is 0 Å². The zero-order valence-corrected chi connectivity index (χ0v) is 16.0. The van der Waals surface area contributed by atoms with Gasteiger partial charge in [0.15, 0.2) is 0 Å². The van der Waals surface area contributed by atoms with E-state index in [1.54, 1.807) is 0 Å². The van der Waals surface area contributed by atoms with Gasteiger partial charge in [0.05, 0.1) is 12.0 Å². The fourth-order valence-electron chi connectivity index (χ4n) is 1.78. The molecular weight excluding hydrogens is 269 g/mol. The number of nitrogens with zero attached hydrogens (tertiary/aromatic N) is 1. The van der Waals surface area contributed by atoms with E-state index >= 15 is 0 Å². The minimum absolute atomic E-state index is 0. The predicted molar refractivity (Wildman–Crippen MR) is 69.8 cm³/mol. The molecule has 0 N–H and O–H groups in total. The molecule has 0 spiro atoms. The Balaban J connectivity index is 0. The van der Waals surface area contributed by atoms with Crippen molar-refractivity contribution in [2.45, 2.75) is 71.3 Å². The van der Waals surface area contributed by atoms with Gasteiger partial charge in [-0.1, -0.05) is 45.4 Å². The Morgan fingerprint density at radius 3 is 2.00 bits per heavy atom. The number of carbonyl (C=O) groups is 2. The number of likely N-dealkylation sites (N-methyl/N-ethyl adjacent to an activating group) is 1. The monoisotopic (exact) mass is 295 g/mol. The van der Waals surface area contributed by atoms with E-state index in [1.165, 1.54) is 44.6 Å². The van der Waals surface area contributed by atoms with Gasteiger partial charge in [-0.2, -0.15) is 0 Å². The molecule has 0 radical (unpaired) electrons. The van der Waals surface area contributed by atoms with Gasteiger partial charge < -0.3 is 14.8 Å². The molecule has 0 aliphatic rings. The standard InChI is InChI=1S/C14H27NO3.K/c1-4-5-6-7-8-9-10-11-13(16)15(3)12(2)14(17)18;/h12H,4-11H2,1-3H3,(H,17,18);/q;+1/p-1/t12-;/m0./s1. The van der Waals surface area contributed by atoms with Crippen molar-refractivity contribution in [3.63, 3.8) is 0 Å². The van der Waals surface area contributed by atoms with Gasteiger partial charge in [-0.25, -0.2) is 0 Å². The van der Waals surface area contributed by atoms with Crippen molar-refractivity contribution >= 4 is 11.9 Å². The number of unbranched alkanes of at least 4 members (excludes halogenated alkanes) is 6. The first-order valence-corrected chi connectivity index (χ1v) is 6.97. The van der Waals surface area contributed by atoms with E-state index < -0.39 is 12.0 Å². The number of carbonyl (C=O) groups excluding carboxylic acids is 2. The molecule has 1 amide bonds. The van der Waals surface area contributed by atoms with Crippen LogP contribution in [0, 0.1) is 0 Å². The third-order valence-corrected chi connectivity index (χ3v) is 3.31. The van der Waals surface area contributed by atoms with Crippen molar-refractivity contribution in [3.05, 3.63) is 0 Å². The number of hydrogen-bond donors (Lipinski definition) is 0. The van der Waals surface area contributed by atoms with E-state index in [2.05, 4.69) is 6.92 Å². The van der Waals surface area contributed by atoms with Crippen molar-refractivity contribution in [1.29, 1.82) is 0 Å². The fraction of sp³-hybridized carbons (Fsp3) is 0.857. The van der Waals surface area contributed by atoms with E-state index in [-0.39, 0.29) is 57.3 Å². The minimum Gasteiger partial charge on any atom is -0.548 e. The number of amides is 1. The normalized spacial score (nSPS) is 11.5. The van der Waals surface area contributed by atoms with Crippen LogP contribution in [-0.4, -0.2) is 29.9 Å². The van der Waals surface area contributed by atoms with Gasteiger partial charge in [0.1, 0.15) is 0 Å². The van der Waals surface area contributed by atoms with Crippen molar-refractivity contribution in [2.24, 2.45) is 0 Å². The second kappa shape index (κ2) is 13.6. The van der Waals surface area contributed by atoms with Gasteiger partial charge in [-0.15, -0.1) is 0 Å². The van der Waals surface area contributed by atoms with E-state index in [0.29, 0.717) is 6.42 Å². The van der Waals surface area contributed by atoms with Gasteiger partial charge in [0.25, 0.3) is 0 Å². The summed E-state index contributed by atoms with van der Waals surface area (Å²) in [5.74, 6) is -1.31. The number of rotatable bonds is 10. The van der Waals surface area contributed by atoms with E-state index in [1.807, 2.05) is 0 Å². The molecule has 0 aliphatic carbocycles. The Hall–Kier alpha value is 0.576. The van der Waals surface area contributed by atoms with E-state index in [4.69, 9.17) is 0 Å². The van der Waals surface area contributed by atoms with Crippen LogP contribution in [0.1, 0.15) is 65.2 Å². The smallest absolute Gasteiger partial charge is 0.548 e. The van der Waals surface area contributed by atoms with Crippen LogP contribution in [0.4, 0.5) is 0 Å². The van der Waals surface area contributed by atoms with Crippen molar-refractivity contribution < 1.29 is 66.1 Å². The number of carboxylic acids is 1. The summed E-state index contributed by atoms with van der Waals surface area (Å²) in [5, 5.41) is 10.6. The summed E-state index contributed by atoms with van der Waals surface area (Å²) in [6.07, 6.45) is 8.50. The molecular formula is C14H26KNO3. The van der Waals surface area contributed by atoms with Crippen molar-refractivity contribution in [2.75, 3.05) is 7.05 Å². The van der Waals surface area contributed by atoms with Crippen LogP contribution in [0.25, 0.3) is 0 Å². The average Bonchev–Trinajstić information content (AvgIpc) is 2.35. The predicted octanol–water partition coefficient (Wildman–Crippen LogP) is -1.27. The Morgan fingerprint density at radius 2 is 1.53 bits per heavy atom. The molecule has 19 heavy (non-hydrogen) atoms. The van der Waals surface area contributed by atoms with Crippen LogP contribution in [0.5, 0.6) is 0 Å². The molecule has 1 atom stereocenters. The third kappa shape index (κ3) is 11.0. The Morgan fingerprint density at radius 1 is 1.05 bits per heavy atom. The molecule has 0 bridgehead atoms. The second-order valence-electron chi connectivity index (χ2n) is 4.87. The van der Waals surface area contributed by atoms with Crippen LogP contribution >= 0.6 is 0 Å². The summed E-state index contributed by atoms with van der Waals surface area (Å²) in [5.41, 5.74) is 0. The molecule has 0 aromatic carbocycles. The maximum Gasteiger partial charge on any atom is 1.00 e. The molecule has 0 aromatic heterocycles. The molecule has 106 valence electrons. The molecule has 0 unspecified atom stereocenters. The first-order chi connectivity index (χ1) is 8.50. The SMILES string of the molecule is CCCCCCCCCC(=O)N(C)[C@@H](C)C(=O)[O-].[K+]. The van der Waals surface area contributed by atoms with Gasteiger partial charge in [-0.3, -0.25) is 4.79 Å². The van der Waals surface area contributed by atoms with Gasteiger partial charge in [0.2, 0.25) is 5.91 Å². The Bertz CT molecular complexity index is 259. The van der Waals surface area contributed by atoms with Crippen LogP contribution in [0.3, 0.4) is 0 Å². The van der Waals surface area contributed by atoms with Crippen LogP contribution < -0.4 is 56.5 Å². The van der Waals surface area contributed by atoms with Crippen LogP contribution in [-0.2, 0) is 9.59 Å². The first-order valence-electron chi connectivity index (χ1n) is 6.97. The summed E-state index contributed by atoms with van der Waals surface area (Å²) in [6.45, 7) is 3.66. The van der Waals surface area contributed by atoms with Crippen LogP contribution in [0.2, 0.25) is 0 Å².